The summed E-state index contributed by atoms with van der Waals surface area (Å²) >= 11 is 0. The lowest BCUT2D eigenvalue weighted by Crippen LogP contribution is -1.98. The van der Waals surface area contributed by atoms with Crippen LogP contribution in [0.4, 0.5) is 20.2 Å². The molecule has 0 bridgehead atoms. The summed E-state index contributed by atoms with van der Waals surface area (Å²) in [5, 5.41) is 12.6. The largest absolute Gasteiger partial charge is 0.386 e. The lowest BCUT2D eigenvalue weighted by Gasteiger charge is -2.01. The Morgan fingerprint density at radius 2 is 2.00 bits per heavy atom. The van der Waals surface area contributed by atoms with Gasteiger partial charge in [-0.25, -0.2) is 4.39 Å². The summed E-state index contributed by atoms with van der Waals surface area (Å²) in [6.07, 6.45) is 0. The molecule has 4 nitrogen and oxygen atoms in total. The molecule has 0 unspecified atom stereocenters. The highest BCUT2D eigenvalue weighted by atomic mass is 19.1. The van der Waals surface area contributed by atoms with Crippen molar-refractivity contribution < 1.29 is 13.7 Å². The summed E-state index contributed by atoms with van der Waals surface area (Å²) in [5.41, 5.74) is -0.848. The minimum absolute atomic E-state index is 0.104. The van der Waals surface area contributed by atoms with Gasteiger partial charge in [0.1, 0.15) is 5.82 Å². The average Bonchev–Trinajstić information content (AvgIpc) is 2.03. The van der Waals surface area contributed by atoms with E-state index in [1.165, 1.54) is 7.05 Å². The standard InChI is InChI=1S/C7H6F2N2O2/c1-10-6-3-7(11(12)13)5(9)2-4(6)8/h2-3,10H,1H3. The zero-order valence-corrected chi connectivity index (χ0v) is 6.67. The SMILES string of the molecule is CNc1cc([N+](=O)[O-])c(F)cc1F. The van der Waals surface area contributed by atoms with Crippen LogP contribution in [0.15, 0.2) is 12.1 Å². The number of nitrogens with one attached hydrogen (secondary N) is 1. The summed E-state index contributed by atoms with van der Waals surface area (Å²) in [6, 6.07) is 1.29. The molecule has 0 amide bonds. The van der Waals surface area contributed by atoms with Gasteiger partial charge in [0.2, 0.25) is 5.82 Å². The van der Waals surface area contributed by atoms with Crippen molar-refractivity contribution in [3.63, 3.8) is 0 Å². The summed E-state index contributed by atoms with van der Waals surface area (Å²) in [6.45, 7) is 0. The van der Waals surface area contributed by atoms with Crippen molar-refractivity contribution in [3.05, 3.63) is 33.9 Å². The van der Waals surface area contributed by atoms with Crippen LogP contribution in [0.5, 0.6) is 0 Å². The van der Waals surface area contributed by atoms with Crippen molar-refractivity contribution in [3.8, 4) is 0 Å². The van der Waals surface area contributed by atoms with Gasteiger partial charge in [-0.15, -0.1) is 0 Å². The molecule has 0 heterocycles. The molecular formula is C7H6F2N2O2. The number of hydrogen-bond acceptors (Lipinski definition) is 3. The van der Waals surface area contributed by atoms with Crippen LogP contribution in [0.1, 0.15) is 0 Å². The molecule has 0 radical (unpaired) electrons. The number of hydrogen-bond donors (Lipinski definition) is 1. The number of nitrogens with zero attached hydrogens (tertiary/aromatic N) is 1. The zero-order valence-electron chi connectivity index (χ0n) is 6.67. The van der Waals surface area contributed by atoms with Crippen LogP contribution in [-0.4, -0.2) is 12.0 Å². The van der Waals surface area contributed by atoms with Gasteiger partial charge in [0.25, 0.3) is 0 Å². The van der Waals surface area contributed by atoms with Crippen molar-refractivity contribution in [2.24, 2.45) is 0 Å². The Bertz CT molecular complexity index is 355. The van der Waals surface area contributed by atoms with Gasteiger partial charge in [0.05, 0.1) is 10.6 Å². The third-order valence-electron chi connectivity index (χ3n) is 1.50. The third-order valence-corrected chi connectivity index (χ3v) is 1.50. The number of benzene rings is 1. The van der Waals surface area contributed by atoms with Crippen LogP contribution in [0, 0.1) is 21.7 Å². The second kappa shape index (κ2) is 3.34. The lowest BCUT2D eigenvalue weighted by molar-refractivity contribution is -0.387. The van der Waals surface area contributed by atoms with Crippen LogP contribution >= 0.6 is 0 Å². The van der Waals surface area contributed by atoms with Gasteiger partial charge < -0.3 is 5.32 Å². The fourth-order valence-electron chi connectivity index (χ4n) is 0.869. The molecule has 6 heteroatoms. The summed E-state index contributed by atoms with van der Waals surface area (Å²) in [5.74, 6) is -2.04. The molecular weight excluding hydrogens is 182 g/mol. The first-order valence-electron chi connectivity index (χ1n) is 3.37. The molecule has 0 spiro atoms. The van der Waals surface area contributed by atoms with Gasteiger partial charge in [0.15, 0.2) is 0 Å². The molecule has 0 aliphatic heterocycles. The van der Waals surface area contributed by atoms with Gasteiger partial charge in [-0.1, -0.05) is 0 Å². The maximum absolute atomic E-state index is 12.8. The Hall–Kier alpha value is -1.72. The van der Waals surface area contributed by atoms with E-state index in [1.807, 2.05) is 0 Å². The molecule has 1 N–H and O–H groups in total. The predicted octanol–water partition coefficient (Wildman–Crippen LogP) is 1.91. The molecule has 0 fully saturated rings. The zero-order chi connectivity index (χ0) is 10.0. The Morgan fingerprint density at radius 1 is 1.38 bits per heavy atom. The van der Waals surface area contributed by atoms with E-state index in [9.17, 15) is 18.9 Å². The number of nitro groups is 1. The monoisotopic (exact) mass is 188 g/mol. The molecule has 0 aliphatic carbocycles. The minimum Gasteiger partial charge on any atom is -0.386 e. The molecule has 70 valence electrons. The first kappa shape index (κ1) is 9.37. The molecule has 1 aromatic carbocycles. The van der Waals surface area contributed by atoms with E-state index in [1.54, 1.807) is 0 Å². The normalized spacial score (nSPS) is 9.77. The number of anilines is 1. The van der Waals surface area contributed by atoms with Gasteiger partial charge in [0, 0.05) is 19.2 Å². The van der Waals surface area contributed by atoms with E-state index in [2.05, 4.69) is 5.32 Å². The van der Waals surface area contributed by atoms with E-state index >= 15 is 0 Å². The minimum atomic E-state index is -1.18. The Morgan fingerprint density at radius 3 is 2.46 bits per heavy atom. The van der Waals surface area contributed by atoms with E-state index in [4.69, 9.17) is 0 Å². The quantitative estimate of drug-likeness (QED) is 0.569. The number of nitro benzene ring substituents is 1. The Labute approximate surface area is 72.3 Å². The first-order chi connectivity index (χ1) is 6.06. The molecule has 1 aromatic rings. The molecule has 0 aromatic heterocycles. The van der Waals surface area contributed by atoms with E-state index in [-0.39, 0.29) is 5.69 Å². The van der Waals surface area contributed by atoms with E-state index in [0.29, 0.717) is 6.07 Å². The highest BCUT2D eigenvalue weighted by molar-refractivity contribution is 5.52. The van der Waals surface area contributed by atoms with Crippen molar-refractivity contribution in [2.75, 3.05) is 12.4 Å². The lowest BCUT2D eigenvalue weighted by atomic mass is 10.2. The Balaban J connectivity index is 3.30. The highest BCUT2D eigenvalue weighted by Crippen LogP contribution is 2.24. The average molecular weight is 188 g/mol. The van der Waals surface area contributed by atoms with E-state index in [0.717, 1.165) is 6.07 Å². The topological polar surface area (TPSA) is 55.2 Å². The van der Waals surface area contributed by atoms with Crippen LogP contribution < -0.4 is 5.32 Å². The first-order valence-corrected chi connectivity index (χ1v) is 3.37. The predicted molar refractivity (Wildman–Crippen MR) is 42.6 cm³/mol. The Kier molecular flexibility index (Phi) is 2.41. The van der Waals surface area contributed by atoms with Crippen LogP contribution in [-0.2, 0) is 0 Å². The summed E-state index contributed by atoms with van der Waals surface area (Å²) < 4.78 is 25.5. The maximum Gasteiger partial charge on any atom is 0.307 e. The smallest absolute Gasteiger partial charge is 0.307 e. The second-order valence-electron chi connectivity index (χ2n) is 2.29. The maximum atomic E-state index is 12.8. The molecule has 1 rings (SSSR count). The highest BCUT2D eigenvalue weighted by Gasteiger charge is 2.17. The van der Waals surface area contributed by atoms with Gasteiger partial charge in [-0.2, -0.15) is 4.39 Å². The van der Waals surface area contributed by atoms with E-state index < -0.39 is 22.2 Å². The van der Waals surface area contributed by atoms with Gasteiger partial charge >= 0.3 is 5.69 Å². The third kappa shape index (κ3) is 1.71. The molecule has 0 saturated heterocycles. The molecule has 0 aliphatic rings. The molecule has 0 atom stereocenters. The van der Waals surface area contributed by atoms with Crippen molar-refractivity contribution >= 4 is 11.4 Å². The van der Waals surface area contributed by atoms with Crippen LogP contribution in [0.2, 0.25) is 0 Å². The number of rotatable bonds is 2. The van der Waals surface area contributed by atoms with Crippen molar-refractivity contribution in [1.82, 2.24) is 0 Å². The van der Waals surface area contributed by atoms with Crippen molar-refractivity contribution in [1.29, 1.82) is 0 Å². The number of halogens is 2. The van der Waals surface area contributed by atoms with Gasteiger partial charge in [-0.3, -0.25) is 10.1 Å². The fraction of sp³-hybridized carbons (Fsp3) is 0.143. The van der Waals surface area contributed by atoms with Crippen LogP contribution in [0.25, 0.3) is 0 Å². The second-order valence-corrected chi connectivity index (χ2v) is 2.29. The van der Waals surface area contributed by atoms with Crippen LogP contribution in [0.3, 0.4) is 0 Å². The van der Waals surface area contributed by atoms with Crippen molar-refractivity contribution in [2.45, 2.75) is 0 Å². The van der Waals surface area contributed by atoms with Gasteiger partial charge in [-0.05, 0) is 0 Å². The molecule has 13 heavy (non-hydrogen) atoms. The fourth-order valence-corrected chi connectivity index (χ4v) is 0.869. The summed E-state index contributed by atoms with van der Waals surface area (Å²) in [4.78, 5) is 9.31. The molecule has 0 saturated carbocycles. The summed E-state index contributed by atoms with van der Waals surface area (Å²) in [7, 11) is 1.39.